The Bertz CT molecular complexity index is 238. The molecule has 0 spiro atoms. The second kappa shape index (κ2) is 8.48. The van der Waals surface area contributed by atoms with Crippen molar-refractivity contribution in [1.82, 2.24) is 10.6 Å². The van der Waals surface area contributed by atoms with Gasteiger partial charge in [-0.2, -0.15) is 0 Å². The maximum atomic E-state index is 12.0. The van der Waals surface area contributed by atoms with Crippen LogP contribution in [0.3, 0.4) is 0 Å². The highest BCUT2D eigenvalue weighted by molar-refractivity contribution is 5.76. The lowest BCUT2D eigenvalue weighted by atomic mass is 9.95. The maximum Gasteiger partial charge on any atom is 0.220 e. The van der Waals surface area contributed by atoms with Crippen molar-refractivity contribution in [2.24, 2.45) is 11.8 Å². The van der Waals surface area contributed by atoms with Crippen LogP contribution in [0, 0.1) is 11.8 Å². The van der Waals surface area contributed by atoms with Gasteiger partial charge in [0.2, 0.25) is 5.91 Å². The number of carbonyl (C=O) groups is 1. The second-order valence-corrected chi connectivity index (χ2v) is 5.49. The molecule has 106 valence electrons. The van der Waals surface area contributed by atoms with Crippen LogP contribution in [0.15, 0.2) is 0 Å². The molecule has 1 amide bonds. The van der Waals surface area contributed by atoms with Crippen molar-refractivity contribution in [3.63, 3.8) is 0 Å². The second-order valence-electron chi connectivity index (χ2n) is 5.49. The van der Waals surface area contributed by atoms with Crippen LogP contribution in [0.5, 0.6) is 0 Å². The minimum absolute atomic E-state index is 0.133. The smallest absolute Gasteiger partial charge is 0.220 e. The Hall–Kier alpha value is -0.610. The molecule has 1 aliphatic rings. The molecule has 0 aromatic heterocycles. The summed E-state index contributed by atoms with van der Waals surface area (Å²) >= 11 is 0. The third kappa shape index (κ3) is 5.83. The molecule has 4 heteroatoms. The summed E-state index contributed by atoms with van der Waals surface area (Å²) in [5.74, 6) is 1.07. The first-order valence-corrected chi connectivity index (χ1v) is 7.21. The average Bonchev–Trinajstić information content (AvgIpc) is 2.35. The van der Waals surface area contributed by atoms with Gasteiger partial charge in [-0.05, 0) is 44.7 Å². The van der Waals surface area contributed by atoms with E-state index in [2.05, 4.69) is 24.5 Å². The topological polar surface area (TPSA) is 50.4 Å². The number of ether oxygens (including phenoxy) is 1. The first-order valence-electron chi connectivity index (χ1n) is 7.21. The summed E-state index contributed by atoms with van der Waals surface area (Å²) in [5.41, 5.74) is 0. The predicted octanol–water partition coefficient (Wildman–Crippen LogP) is 1.55. The lowest BCUT2D eigenvalue weighted by Gasteiger charge is -2.25. The quantitative estimate of drug-likeness (QED) is 0.726. The summed E-state index contributed by atoms with van der Waals surface area (Å²) in [6, 6.07) is 0.133. The zero-order valence-corrected chi connectivity index (χ0v) is 12.0. The summed E-state index contributed by atoms with van der Waals surface area (Å²) < 4.78 is 5.42. The summed E-state index contributed by atoms with van der Waals surface area (Å²) in [7, 11) is 0. The number of hydrogen-bond acceptors (Lipinski definition) is 3. The van der Waals surface area contributed by atoms with Crippen molar-refractivity contribution < 1.29 is 9.53 Å². The molecule has 1 fully saturated rings. The van der Waals surface area contributed by atoms with Gasteiger partial charge in [0.25, 0.3) is 0 Å². The minimum atomic E-state index is 0.133. The van der Waals surface area contributed by atoms with Crippen LogP contribution in [0.4, 0.5) is 0 Å². The standard InChI is InChI=1S/C14H28N2O2/c1-4-18-10-13(11(2)3)16-14(17)8-12-6-5-7-15-9-12/h11-13,15H,4-10H2,1-3H3,(H,16,17). The molecule has 1 saturated heterocycles. The Morgan fingerprint density at radius 2 is 2.28 bits per heavy atom. The van der Waals surface area contributed by atoms with E-state index in [1.807, 2.05) is 6.92 Å². The largest absolute Gasteiger partial charge is 0.380 e. The van der Waals surface area contributed by atoms with E-state index < -0.39 is 0 Å². The molecule has 1 heterocycles. The van der Waals surface area contributed by atoms with E-state index in [1.54, 1.807) is 0 Å². The highest BCUT2D eigenvalue weighted by Crippen LogP contribution is 2.14. The van der Waals surface area contributed by atoms with E-state index >= 15 is 0 Å². The SMILES string of the molecule is CCOCC(NC(=O)CC1CCCNC1)C(C)C. The van der Waals surface area contributed by atoms with Crippen molar-refractivity contribution in [3.05, 3.63) is 0 Å². The number of piperidine rings is 1. The number of carbonyl (C=O) groups excluding carboxylic acids is 1. The first kappa shape index (κ1) is 15.4. The summed E-state index contributed by atoms with van der Waals surface area (Å²) in [6.07, 6.45) is 2.99. The highest BCUT2D eigenvalue weighted by Gasteiger charge is 2.20. The van der Waals surface area contributed by atoms with Crippen LogP contribution in [0.1, 0.15) is 40.0 Å². The normalized spacial score (nSPS) is 21.9. The highest BCUT2D eigenvalue weighted by atomic mass is 16.5. The van der Waals surface area contributed by atoms with Crippen LogP contribution in [-0.2, 0) is 9.53 Å². The average molecular weight is 256 g/mol. The van der Waals surface area contributed by atoms with Gasteiger partial charge in [-0.15, -0.1) is 0 Å². The van der Waals surface area contributed by atoms with Crippen LogP contribution in [-0.4, -0.2) is 38.3 Å². The molecule has 0 saturated carbocycles. The predicted molar refractivity (Wildman–Crippen MR) is 73.5 cm³/mol. The Morgan fingerprint density at radius 3 is 2.83 bits per heavy atom. The van der Waals surface area contributed by atoms with E-state index in [9.17, 15) is 4.79 Å². The van der Waals surface area contributed by atoms with E-state index in [0.29, 0.717) is 31.5 Å². The van der Waals surface area contributed by atoms with E-state index in [-0.39, 0.29) is 11.9 Å². The molecule has 0 radical (unpaired) electrons. The lowest BCUT2D eigenvalue weighted by molar-refractivity contribution is -0.123. The van der Waals surface area contributed by atoms with Gasteiger partial charge in [0, 0.05) is 13.0 Å². The molecule has 2 unspecified atom stereocenters. The molecule has 18 heavy (non-hydrogen) atoms. The van der Waals surface area contributed by atoms with Gasteiger partial charge in [0.1, 0.15) is 0 Å². The zero-order chi connectivity index (χ0) is 13.4. The van der Waals surface area contributed by atoms with Gasteiger partial charge in [0.05, 0.1) is 12.6 Å². The van der Waals surface area contributed by atoms with Crippen LogP contribution in [0.2, 0.25) is 0 Å². The number of hydrogen-bond donors (Lipinski definition) is 2. The van der Waals surface area contributed by atoms with Crippen LogP contribution >= 0.6 is 0 Å². The Kier molecular flexibility index (Phi) is 7.28. The van der Waals surface area contributed by atoms with Gasteiger partial charge < -0.3 is 15.4 Å². The molecular weight excluding hydrogens is 228 g/mol. The molecule has 0 aliphatic carbocycles. The fraction of sp³-hybridized carbons (Fsp3) is 0.929. The zero-order valence-electron chi connectivity index (χ0n) is 12.0. The third-order valence-corrected chi connectivity index (χ3v) is 3.53. The number of nitrogens with one attached hydrogen (secondary N) is 2. The summed E-state index contributed by atoms with van der Waals surface area (Å²) in [5, 5.41) is 6.45. The van der Waals surface area contributed by atoms with E-state index in [1.165, 1.54) is 6.42 Å². The monoisotopic (exact) mass is 256 g/mol. The molecule has 2 N–H and O–H groups in total. The summed E-state index contributed by atoms with van der Waals surface area (Å²) in [4.78, 5) is 12.0. The van der Waals surface area contributed by atoms with Gasteiger partial charge in [0.15, 0.2) is 0 Å². The lowest BCUT2D eigenvalue weighted by Crippen LogP contribution is -2.43. The Balaban J connectivity index is 2.30. The molecule has 1 rings (SSSR count). The van der Waals surface area contributed by atoms with Crippen molar-refractivity contribution in [2.75, 3.05) is 26.3 Å². The Labute approximate surface area is 111 Å². The number of rotatable bonds is 7. The minimum Gasteiger partial charge on any atom is -0.380 e. The molecular formula is C14H28N2O2. The van der Waals surface area contributed by atoms with Gasteiger partial charge in [-0.25, -0.2) is 0 Å². The van der Waals surface area contributed by atoms with Crippen molar-refractivity contribution in [2.45, 2.75) is 46.1 Å². The van der Waals surface area contributed by atoms with Crippen LogP contribution in [0.25, 0.3) is 0 Å². The fourth-order valence-corrected chi connectivity index (χ4v) is 2.27. The maximum absolute atomic E-state index is 12.0. The molecule has 2 atom stereocenters. The molecule has 1 aliphatic heterocycles. The van der Waals surface area contributed by atoms with Gasteiger partial charge in [-0.3, -0.25) is 4.79 Å². The first-order chi connectivity index (χ1) is 8.63. The Morgan fingerprint density at radius 1 is 1.50 bits per heavy atom. The molecule has 0 bridgehead atoms. The van der Waals surface area contributed by atoms with Crippen LogP contribution < -0.4 is 10.6 Å². The summed E-state index contributed by atoms with van der Waals surface area (Å²) in [6.45, 7) is 9.60. The fourth-order valence-electron chi connectivity index (χ4n) is 2.27. The number of amides is 1. The van der Waals surface area contributed by atoms with Gasteiger partial charge >= 0.3 is 0 Å². The molecule has 0 aromatic carbocycles. The molecule has 0 aromatic rings. The van der Waals surface area contributed by atoms with Crippen molar-refractivity contribution >= 4 is 5.91 Å². The third-order valence-electron chi connectivity index (χ3n) is 3.53. The molecule has 4 nitrogen and oxygen atoms in total. The van der Waals surface area contributed by atoms with E-state index in [0.717, 1.165) is 19.5 Å². The van der Waals surface area contributed by atoms with Crippen molar-refractivity contribution in [3.8, 4) is 0 Å². The van der Waals surface area contributed by atoms with Gasteiger partial charge in [-0.1, -0.05) is 13.8 Å². The van der Waals surface area contributed by atoms with E-state index in [4.69, 9.17) is 4.74 Å². The van der Waals surface area contributed by atoms with Crippen molar-refractivity contribution in [1.29, 1.82) is 0 Å².